The number of carbonyl (C=O) groups is 3. The van der Waals surface area contributed by atoms with Crippen LogP contribution >= 0.6 is 11.6 Å². The average Bonchev–Trinajstić information content (AvgIpc) is 3.29. The molecule has 2 aromatic heterocycles. The highest BCUT2D eigenvalue weighted by atomic mass is 35.5. The molecule has 0 saturated carbocycles. The third kappa shape index (κ3) is 7.40. The van der Waals surface area contributed by atoms with Crippen LogP contribution in [0.5, 0.6) is 0 Å². The van der Waals surface area contributed by atoms with Crippen LogP contribution in [-0.4, -0.2) is 37.1 Å². The Bertz CT molecular complexity index is 1740. The van der Waals surface area contributed by atoms with Crippen molar-refractivity contribution >= 4 is 35.0 Å². The lowest BCUT2D eigenvalue weighted by molar-refractivity contribution is -0.137. The van der Waals surface area contributed by atoms with E-state index >= 15 is 0 Å². The van der Waals surface area contributed by atoms with E-state index in [1.807, 2.05) is 0 Å². The number of amides is 2. The zero-order chi connectivity index (χ0) is 32.3. The third-order valence-corrected chi connectivity index (χ3v) is 6.57. The number of rotatable bonds is 9. The van der Waals surface area contributed by atoms with Crippen molar-refractivity contribution in [3.8, 4) is 0 Å². The van der Waals surface area contributed by atoms with Crippen molar-refractivity contribution in [2.75, 3.05) is 5.32 Å². The summed E-state index contributed by atoms with van der Waals surface area (Å²) in [5, 5.41) is 4.81. The number of hydrogen-bond donors (Lipinski definition) is 2. The maximum absolute atomic E-state index is 14.2. The Morgan fingerprint density at radius 2 is 1.64 bits per heavy atom. The first-order valence-corrected chi connectivity index (χ1v) is 13.0. The molecule has 230 valence electrons. The third-order valence-electron chi connectivity index (χ3n) is 6.23. The van der Waals surface area contributed by atoms with Gasteiger partial charge in [0.25, 0.3) is 11.8 Å². The van der Waals surface area contributed by atoms with Crippen LogP contribution in [-0.2, 0) is 24.1 Å². The monoisotopic (exact) mass is 638 g/mol. The van der Waals surface area contributed by atoms with Crippen molar-refractivity contribution in [1.82, 2.24) is 24.8 Å². The fraction of sp³-hybridized carbons (Fsp3) is 0.214. The molecule has 2 N–H and O–H groups in total. The van der Waals surface area contributed by atoms with Crippen LogP contribution in [0.15, 0.2) is 48.8 Å². The molecular formula is C28H21ClF6N6O3. The maximum atomic E-state index is 14.2. The molecule has 0 aliphatic heterocycles. The number of aromatic nitrogens is 4. The Balaban J connectivity index is 1.82. The Labute approximate surface area is 250 Å². The van der Waals surface area contributed by atoms with E-state index in [1.165, 1.54) is 19.9 Å². The van der Waals surface area contributed by atoms with E-state index in [0.29, 0.717) is 12.1 Å². The van der Waals surface area contributed by atoms with Gasteiger partial charge in [-0.2, -0.15) is 13.2 Å². The van der Waals surface area contributed by atoms with E-state index in [9.17, 15) is 40.7 Å². The SMILES string of the molecule is CC(=O)Cn1c(C(=O)NCc2ncc(F)cn2)nc(NC(=O)c2cc(F)cc(C(F)(F)F)c2)c1[C@@H](C)c1cc(F)ccc1Cl. The van der Waals surface area contributed by atoms with E-state index in [4.69, 9.17) is 11.6 Å². The number of nitrogens with zero attached hydrogens (tertiary/aromatic N) is 4. The second kappa shape index (κ2) is 12.8. The predicted molar refractivity (Wildman–Crippen MR) is 144 cm³/mol. The van der Waals surface area contributed by atoms with E-state index in [0.717, 1.165) is 29.1 Å². The van der Waals surface area contributed by atoms with E-state index < -0.39 is 76.5 Å². The number of nitrogens with one attached hydrogen (secondary N) is 2. The largest absolute Gasteiger partial charge is 0.416 e. The lowest BCUT2D eigenvalue weighted by Crippen LogP contribution is -2.28. The summed E-state index contributed by atoms with van der Waals surface area (Å²) in [4.78, 5) is 50.3. The summed E-state index contributed by atoms with van der Waals surface area (Å²) in [5.74, 6) is -7.15. The molecule has 0 fully saturated rings. The standard InChI is InChI=1S/C28H21ClF6N6O3/c1-13(42)12-41-23(14(2)20-8-17(30)3-4-21(20)29)24(39-25(41)27(44)38-11-22-36-9-19(32)10-37-22)40-26(43)15-5-16(28(33,34)35)7-18(31)6-15/h3-10,14H,11-12H2,1-2H3,(H,38,44)(H,40,43)/t14-/m0/s1. The normalized spacial score (nSPS) is 12.1. The lowest BCUT2D eigenvalue weighted by atomic mass is 9.96. The van der Waals surface area contributed by atoms with Crippen molar-refractivity contribution in [2.24, 2.45) is 0 Å². The van der Waals surface area contributed by atoms with Gasteiger partial charge in [0.15, 0.2) is 11.6 Å². The van der Waals surface area contributed by atoms with Gasteiger partial charge in [0, 0.05) is 16.5 Å². The molecular weight excluding hydrogens is 618 g/mol. The Morgan fingerprint density at radius 1 is 0.955 bits per heavy atom. The van der Waals surface area contributed by atoms with Crippen LogP contribution in [0.3, 0.4) is 0 Å². The Morgan fingerprint density at radius 3 is 2.27 bits per heavy atom. The van der Waals surface area contributed by atoms with Crippen molar-refractivity contribution in [3.63, 3.8) is 0 Å². The molecule has 4 rings (SSSR count). The van der Waals surface area contributed by atoms with Gasteiger partial charge < -0.3 is 15.2 Å². The van der Waals surface area contributed by atoms with Crippen LogP contribution in [0.2, 0.25) is 5.02 Å². The van der Waals surface area contributed by atoms with Crippen LogP contribution in [0.1, 0.15) is 63.4 Å². The zero-order valence-corrected chi connectivity index (χ0v) is 23.5. The number of hydrogen-bond acceptors (Lipinski definition) is 6. The van der Waals surface area contributed by atoms with E-state index in [1.54, 1.807) is 0 Å². The highest BCUT2D eigenvalue weighted by molar-refractivity contribution is 6.31. The maximum Gasteiger partial charge on any atom is 0.416 e. The van der Waals surface area contributed by atoms with Crippen molar-refractivity contribution < 1.29 is 40.7 Å². The number of alkyl halides is 3. The molecule has 0 radical (unpaired) electrons. The number of Topliss-reactive ketones (excluding diaryl/α,β-unsaturated/α-hetero) is 1. The molecule has 2 aromatic carbocycles. The molecule has 2 amide bonds. The first kappa shape index (κ1) is 32.1. The number of anilines is 1. The van der Waals surface area contributed by atoms with Gasteiger partial charge in [-0.25, -0.2) is 28.1 Å². The Hall–Kier alpha value is -4.79. The van der Waals surface area contributed by atoms with Crippen molar-refractivity contribution in [1.29, 1.82) is 0 Å². The smallest absolute Gasteiger partial charge is 0.342 e. The molecule has 1 atom stereocenters. The van der Waals surface area contributed by atoms with Gasteiger partial charge in [0.05, 0.1) is 36.7 Å². The second-order valence-electron chi connectivity index (χ2n) is 9.53. The summed E-state index contributed by atoms with van der Waals surface area (Å²) in [5.41, 5.74) is -2.03. The van der Waals surface area contributed by atoms with Crippen molar-refractivity contribution in [3.05, 3.63) is 105 Å². The minimum Gasteiger partial charge on any atom is -0.342 e. The number of imidazole rings is 1. The molecule has 16 heteroatoms. The van der Waals surface area contributed by atoms with Gasteiger partial charge in [0.2, 0.25) is 5.82 Å². The second-order valence-corrected chi connectivity index (χ2v) is 9.93. The topological polar surface area (TPSA) is 119 Å². The number of carbonyl (C=O) groups excluding carboxylic acids is 3. The molecule has 9 nitrogen and oxygen atoms in total. The van der Waals surface area contributed by atoms with Gasteiger partial charge in [-0.15, -0.1) is 0 Å². The molecule has 4 aromatic rings. The number of halogens is 7. The quantitative estimate of drug-likeness (QED) is 0.228. The minimum absolute atomic E-state index is 0.0182. The van der Waals surface area contributed by atoms with E-state index in [2.05, 4.69) is 25.6 Å². The number of ketones is 1. The van der Waals surface area contributed by atoms with Crippen LogP contribution in [0.25, 0.3) is 0 Å². The van der Waals surface area contributed by atoms with Crippen LogP contribution < -0.4 is 10.6 Å². The van der Waals surface area contributed by atoms with Gasteiger partial charge in [-0.05, 0) is 48.9 Å². The summed E-state index contributed by atoms with van der Waals surface area (Å²) < 4.78 is 82.4. The highest BCUT2D eigenvalue weighted by Gasteiger charge is 2.33. The molecule has 0 unspecified atom stereocenters. The Kier molecular flexibility index (Phi) is 9.37. The average molecular weight is 639 g/mol. The summed E-state index contributed by atoms with van der Waals surface area (Å²) in [6.07, 6.45) is -3.22. The van der Waals surface area contributed by atoms with Gasteiger partial charge in [-0.3, -0.25) is 14.4 Å². The first-order chi connectivity index (χ1) is 20.6. The predicted octanol–water partition coefficient (Wildman–Crippen LogP) is 5.69. The molecule has 0 saturated heterocycles. The summed E-state index contributed by atoms with van der Waals surface area (Å²) in [6, 6.07) is 4.64. The fourth-order valence-electron chi connectivity index (χ4n) is 4.28. The highest BCUT2D eigenvalue weighted by Crippen LogP contribution is 2.36. The summed E-state index contributed by atoms with van der Waals surface area (Å²) in [7, 11) is 0. The van der Waals surface area contributed by atoms with Crippen LogP contribution in [0, 0.1) is 17.5 Å². The summed E-state index contributed by atoms with van der Waals surface area (Å²) >= 11 is 6.31. The zero-order valence-electron chi connectivity index (χ0n) is 22.8. The van der Waals surface area contributed by atoms with E-state index in [-0.39, 0.29) is 34.7 Å². The lowest BCUT2D eigenvalue weighted by Gasteiger charge is -2.19. The molecule has 0 aliphatic rings. The molecule has 0 spiro atoms. The molecule has 2 heterocycles. The van der Waals surface area contributed by atoms with Crippen molar-refractivity contribution in [2.45, 2.75) is 39.0 Å². The summed E-state index contributed by atoms with van der Waals surface area (Å²) in [6.45, 7) is 1.91. The molecule has 0 bridgehead atoms. The molecule has 44 heavy (non-hydrogen) atoms. The fourth-order valence-corrected chi connectivity index (χ4v) is 4.56. The van der Waals surface area contributed by atoms with Crippen LogP contribution in [0.4, 0.5) is 32.2 Å². The number of benzene rings is 2. The molecule has 0 aliphatic carbocycles. The van der Waals surface area contributed by atoms with Gasteiger partial charge in [-0.1, -0.05) is 18.5 Å². The van der Waals surface area contributed by atoms with Gasteiger partial charge >= 0.3 is 6.18 Å². The van der Waals surface area contributed by atoms with Gasteiger partial charge in [0.1, 0.15) is 23.2 Å². The minimum atomic E-state index is -4.96. The first-order valence-electron chi connectivity index (χ1n) is 12.6.